The van der Waals surface area contributed by atoms with Crippen LogP contribution >= 0.6 is 0 Å². The second kappa shape index (κ2) is 12.9. The van der Waals surface area contributed by atoms with Gasteiger partial charge in [-0.05, 0) is 142 Å². The van der Waals surface area contributed by atoms with E-state index in [1.807, 2.05) is 0 Å². The largest absolute Gasteiger partial charge is 0.311 e. The van der Waals surface area contributed by atoms with Crippen molar-refractivity contribution in [3.8, 4) is 22.3 Å². The van der Waals surface area contributed by atoms with Crippen LogP contribution in [-0.4, -0.2) is 6.71 Å². The highest BCUT2D eigenvalue weighted by Gasteiger charge is 2.47. The summed E-state index contributed by atoms with van der Waals surface area (Å²) < 4.78 is 0. The van der Waals surface area contributed by atoms with E-state index in [0.717, 1.165) is 0 Å². The Kier molecular flexibility index (Phi) is 8.20. The lowest BCUT2D eigenvalue weighted by molar-refractivity contribution is 0.589. The first-order valence-corrected chi connectivity index (χ1v) is 23.2. The van der Waals surface area contributed by atoms with E-state index >= 15 is 0 Å². The Morgan fingerprint density at radius 1 is 0.365 bits per heavy atom. The van der Waals surface area contributed by atoms with E-state index in [0.29, 0.717) is 0 Å². The molecule has 0 atom stereocenters. The molecule has 63 heavy (non-hydrogen) atoms. The third-order valence-electron chi connectivity index (χ3n) is 15.3. The molecule has 4 aliphatic rings. The minimum absolute atomic E-state index is 0.0200. The lowest BCUT2D eigenvalue weighted by Gasteiger charge is -2.46. The molecule has 2 aliphatic heterocycles. The number of hydrogen-bond acceptors (Lipinski definition) is 2. The average molecular weight is 821 g/mol. The van der Waals surface area contributed by atoms with Gasteiger partial charge in [0.15, 0.2) is 0 Å². The molecule has 3 heteroatoms. The van der Waals surface area contributed by atoms with Crippen molar-refractivity contribution in [1.82, 2.24) is 0 Å². The van der Waals surface area contributed by atoms with Gasteiger partial charge in [-0.25, -0.2) is 0 Å². The Morgan fingerprint density at radius 2 is 0.825 bits per heavy atom. The minimum Gasteiger partial charge on any atom is -0.311 e. The van der Waals surface area contributed by atoms with Crippen LogP contribution in [0.4, 0.5) is 34.1 Å². The van der Waals surface area contributed by atoms with Gasteiger partial charge in [-0.1, -0.05) is 175 Å². The zero-order valence-electron chi connectivity index (χ0n) is 39.7. The van der Waals surface area contributed by atoms with E-state index in [9.17, 15) is 0 Å². The Bertz CT molecular complexity index is 3070. The normalized spacial score (nSPS) is 16.2. The van der Waals surface area contributed by atoms with Crippen LogP contribution in [0.1, 0.15) is 129 Å². The van der Waals surface area contributed by atoms with Crippen molar-refractivity contribution in [3.63, 3.8) is 0 Å². The summed E-state index contributed by atoms with van der Waals surface area (Å²) in [5, 5.41) is 0. The van der Waals surface area contributed by atoms with E-state index in [1.54, 1.807) is 0 Å². The zero-order chi connectivity index (χ0) is 44.3. The Balaban J connectivity index is 1.26. The standard InChI is InChI=1S/C60H61BN2/c1-56(2,3)36-22-25-39(26-23-36)62-51-30-37(57(4,5)6)24-29-49(51)61-50-34-44-42-19-15-17-21-46(42)60(12,13)48(44)35-52(50)63(54-32-38(58(7,8)9)31-53(62)55(54)61)40-27-28-43-41-18-14-16-20-45(41)59(10,11)47(43)33-40/h14-35H,1-13H3. The number of hydrogen-bond donors (Lipinski definition) is 0. The first-order chi connectivity index (χ1) is 29.7. The maximum absolute atomic E-state index is 2.66. The van der Waals surface area contributed by atoms with E-state index in [-0.39, 0.29) is 33.8 Å². The highest BCUT2D eigenvalue weighted by atomic mass is 15.2. The second-order valence-electron chi connectivity index (χ2n) is 23.1. The summed E-state index contributed by atoms with van der Waals surface area (Å²) in [5.41, 5.74) is 26.3. The highest BCUT2D eigenvalue weighted by molar-refractivity contribution is 7.00. The summed E-state index contributed by atoms with van der Waals surface area (Å²) in [6, 6.07) is 52.6. The highest BCUT2D eigenvalue weighted by Crippen LogP contribution is 2.55. The van der Waals surface area contributed by atoms with E-state index in [4.69, 9.17) is 0 Å². The smallest absolute Gasteiger partial charge is 0.252 e. The molecule has 0 N–H and O–H groups in total. The number of nitrogens with zero attached hydrogens (tertiary/aromatic N) is 2. The van der Waals surface area contributed by atoms with Crippen molar-refractivity contribution in [3.05, 3.63) is 172 Å². The molecular formula is C60H61BN2. The Morgan fingerprint density at radius 3 is 1.41 bits per heavy atom. The van der Waals surface area contributed by atoms with Gasteiger partial charge in [0.25, 0.3) is 6.71 Å². The molecule has 314 valence electrons. The molecule has 0 fully saturated rings. The van der Waals surface area contributed by atoms with E-state index in [1.165, 1.54) is 112 Å². The molecule has 0 saturated carbocycles. The summed E-state index contributed by atoms with van der Waals surface area (Å²) >= 11 is 0. The van der Waals surface area contributed by atoms with Gasteiger partial charge in [0, 0.05) is 45.0 Å². The van der Waals surface area contributed by atoms with Crippen LogP contribution in [0.15, 0.2) is 133 Å². The first kappa shape index (κ1) is 40.0. The summed E-state index contributed by atoms with van der Waals surface area (Å²) in [6.45, 7) is 30.8. The van der Waals surface area contributed by atoms with E-state index in [2.05, 4.69) is 233 Å². The van der Waals surface area contributed by atoms with Crippen molar-refractivity contribution in [2.45, 2.75) is 117 Å². The van der Waals surface area contributed by atoms with Crippen molar-refractivity contribution in [2.75, 3.05) is 9.80 Å². The molecule has 0 saturated heterocycles. The Hall–Kier alpha value is -5.80. The molecule has 0 radical (unpaired) electrons. The molecule has 0 spiro atoms. The van der Waals surface area contributed by atoms with Gasteiger partial charge in [0.2, 0.25) is 0 Å². The zero-order valence-corrected chi connectivity index (χ0v) is 39.7. The number of rotatable bonds is 2. The Labute approximate surface area is 377 Å². The molecule has 11 rings (SSSR count). The van der Waals surface area contributed by atoms with Crippen LogP contribution in [0.5, 0.6) is 0 Å². The lowest BCUT2D eigenvalue weighted by Crippen LogP contribution is -2.61. The lowest BCUT2D eigenvalue weighted by atomic mass is 9.33. The van der Waals surface area contributed by atoms with Gasteiger partial charge in [0.05, 0.1) is 0 Å². The van der Waals surface area contributed by atoms with Gasteiger partial charge in [0.1, 0.15) is 0 Å². The molecule has 7 aromatic carbocycles. The topological polar surface area (TPSA) is 6.48 Å². The fraction of sp³-hybridized carbons (Fsp3) is 0.300. The molecule has 0 aromatic heterocycles. The van der Waals surface area contributed by atoms with Crippen LogP contribution in [0.25, 0.3) is 22.3 Å². The van der Waals surface area contributed by atoms with Crippen LogP contribution in [-0.2, 0) is 27.1 Å². The van der Waals surface area contributed by atoms with E-state index < -0.39 is 0 Å². The van der Waals surface area contributed by atoms with Gasteiger partial charge >= 0.3 is 0 Å². The van der Waals surface area contributed by atoms with Gasteiger partial charge < -0.3 is 9.80 Å². The van der Waals surface area contributed by atoms with Gasteiger partial charge in [-0.15, -0.1) is 0 Å². The van der Waals surface area contributed by atoms with Crippen molar-refractivity contribution >= 4 is 57.2 Å². The SMILES string of the molecule is CC(C)(C)c1ccc(N2c3cc(C(C)(C)C)ccc3B3c4cc5c(cc4N(c4ccc6c(c4)C(C)(C)c4ccccc4-6)c4cc(C(C)(C)C)cc2c43)C(C)(C)c2ccccc2-5)cc1. The van der Waals surface area contributed by atoms with Crippen LogP contribution < -0.4 is 26.2 Å². The van der Waals surface area contributed by atoms with Gasteiger partial charge in [-0.3, -0.25) is 0 Å². The summed E-state index contributed by atoms with van der Waals surface area (Å²) in [5.74, 6) is 0. The monoisotopic (exact) mass is 820 g/mol. The molecule has 2 nitrogen and oxygen atoms in total. The molecule has 0 bridgehead atoms. The van der Waals surface area contributed by atoms with Crippen molar-refractivity contribution in [2.24, 2.45) is 0 Å². The molecule has 7 aromatic rings. The van der Waals surface area contributed by atoms with Crippen LogP contribution in [0.2, 0.25) is 0 Å². The summed E-state index contributed by atoms with van der Waals surface area (Å²) in [6.07, 6.45) is 0. The van der Waals surface area contributed by atoms with Gasteiger partial charge in [-0.2, -0.15) is 0 Å². The van der Waals surface area contributed by atoms with Crippen LogP contribution in [0.3, 0.4) is 0 Å². The summed E-state index contributed by atoms with van der Waals surface area (Å²) in [4.78, 5) is 5.27. The average Bonchev–Trinajstić information content (AvgIpc) is 3.60. The van der Waals surface area contributed by atoms with Crippen molar-refractivity contribution < 1.29 is 0 Å². The fourth-order valence-electron chi connectivity index (χ4n) is 11.6. The number of anilines is 6. The molecule has 0 amide bonds. The molecule has 2 heterocycles. The number of fused-ring (bicyclic) bond motifs is 10. The third kappa shape index (κ3) is 5.70. The summed E-state index contributed by atoms with van der Waals surface area (Å²) in [7, 11) is 0. The second-order valence-corrected chi connectivity index (χ2v) is 23.1. The molecule has 0 unspecified atom stereocenters. The molecule has 2 aliphatic carbocycles. The predicted molar refractivity (Wildman–Crippen MR) is 272 cm³/mol. The fourth-order valence-corrected chi connectivity index (χ4v) is 11.6. The quantitative estimate of drug-likeness (QED) is 0.160. The number of benzene rings is 7. The first-order valence-electron chi connectivity index (χ1n) is 23.2. The van der Waals surface area contributed by atoms with Crippen LogP contribution in [0, 0.1) is 0 Å². The minimum atomic E-state index is -0.144. The maximum atomic E-state index is 2.66. The predicted octanol–water partition coefficient (Wildman–Crippen LogP) is 14.3. The van der Waals surface area contributed by atoms with Crippen molar-refractivity contribution in [1.29, 1.82) is 0 Å². The maximum Gasteiger partial charge on any atom is 0.252 e. The third-order valence-corrected chi connectivity index (χ3v) is 15.3. The molecular weight excluding hydrogens is 759 g/mol.